The van der Waals surface area contributed by atoms with Gasteiger partial charge in [0.25, 0.3) is 0 Å². The van der Waals surface area contributed by atoms with Crippen molar-refractivity contribution in [2.75, 3.05) is 19.5 Å². The molecule has 184 valence electrons. The average molecular weight is 493 g/mol. The minimum absolute atomic E-state index is 0.193. The summed E-state index contributed by atoms with van der Waals surface area (Å²) in [6, 6.07) is 1.21. The lowest BCUT2D eigenvalue weighted by Crippen LogP contribution is -2.31. The number of ether oxygens (including phenoxy) is 1. The molecule has 2 aromatic heterocycles. The molecule has 34 heavy (non-hydrogen) atoms. The smallest absolute Gasteiger partial charge is 0.335 e. The molecule has 1 aliphatic carbocycles. The quantitative estimate of drug-likeness (QED) is 0.324. The molecule has 3 atom stereocenters. The first kappa shape index (κ1) is 25.7. The highest BCUT2D eigenvalue weighted by atomic mass is 32.2. The molecule has 0 radical (unpaired) electrons. The van der Waals surface area contributed by atoms with E-state index in [-0.39, 0.29) is 42.5 Å². The van der Waals surface area contributed by atoms with Crippen molar-refractivity contribution in [3.63, 3.8) is 0 Å². The number of methoxy groups -OCH3 is 1. The SMILES string of the molecule is CNS(=O)(=O)O[C@@H]1C[C@H](Nc2ncncc2C(=O)c2ccn(CC#CC(C)(C)OC)n2)C[C@@H]1O. The van der Waals surface area contributed by atoms with Crippen LogP contribution in [0.3, 0.4) is 0 Å². The van der Waals surface area contributed by atoms with Crippen LogP contribution < -0.4 is 10.0 Å². The maximum atomic E-state index is 13.1. The molecule has 0 saturated heterocycles. The zero-order valence-electron chi connectivity index (χ0n) is 19.3. The van der Waals surface area contributed by atoms with Gasteiger partial charge in [-0.1, -0.05) is 11.8 Å². The van der Waals surface area contributed by atoms with Crippen LogP contribution in [0.4, 0.5) is 5.82 Å². The molecule has 3 rings (SSSR count). The number of carbonyl (C=O) groups is 1. The Hall–Kier alpha value is -2.89. The minimum Gasteiger partial charge on any atom is -0.390 e. The molecule has 1 aliphatic rings. The normalized spacial score (nSPS) is 20.6. The number of carbonyl (C=O) groups excluding carboxylic acids is 1. The number of nitrogens with one attached hydrogen (secondary N) is 2. The fraction of sp³-hybridized carbons (Fsp3) is 0.524. The number of aliphatic hydroxyl groups is 1. The Bertz CT molecular complexity index is 1190. The van der Waals surface area contributed by atoms with E-state index in [2.05, 4.69) is 36.9 Å². The standard InChI is InChI=1S/C21H28N6O6S/c1-21(2,32-4)7-5-8-27-9-6-16(26-27)19(29)15-12-23-13-24-20(15)25-14-10-17(28)18(11-14)33-34(30,31)22-3/h6,9,12-14,17-18,22,28H,8,10-11H2,1-4H3,(H,23,24,25)/t14-,17+,18-/m1/s1. The molecule has 1 fully saturated rings. The van der Waals surface area contributed by atoms with Crippen LogP contribution in [0, 0.1) is 11.8 Å². The Morgan fingerprint density at radius 1 is 1.38 bits per heavy atom. The first-order valence-corrected chi connectivity index (χ1v) is 11.9. The second-order valence-corrected chi connectivity index (χ2v) is 9.71. The third-order valence-corrected chi connectivity index (χ3v) is 6.28. The predicted molar refractivity (Wildman–Crippen MR) is 122 cm³/mol. The molecule has 2 heterocycles. The lowest BCUT2D eigenvalue weighted by molar-refractivity contribution is 0.0636. The van der Waals surface area contributed by atoms with Gasteiger partial charge < -0.3 is 15.2 Å². The summed E-state index contributed by atoms with van der Waals surface area (Å²) in [5, 5.41) is 17.6. The Kier molecular flexibility index (Phi) is 8.01. The maximum absolute atomic E-state index is 13.1. The first-order chi connectivity index (χ1) is 16.0. The summed E-state index contributed by atoms with van der Waals surface area (Å²) in [7, 11) is -1.15. The monoisotopic (exact) mass is 492 g/mol. The van der Waals surface area contributed by atoms with Crippen molar-refractivity contribution < 1.29 is 27.2 Å². The lowest BCUT2D eigenvalue weighted by Gasteiger charge is -2.15. The third kappa shape index (κ3) is 6.58. The van der Waals surface area contributed by atoms with E-state index < -0.39 is 33.9 Å². The van der Waals surface area contributed by atoms with Gasteiger partial charge in [0, 0.05) is 32.6 Å². The van der Waals surface area contributed by atoms with Crippen molar-refractivity contribution in [3.05, 3.63) is 36.0 Å². The van der Waals surface area contributed by atoms with Gasteiger partial charge in [0.05, 0.1) is 11.7 Å². The molecule has 0 amide bonds. The highest BCUT2D eigenvalue weighted by Crippen LogP contribution is 2.27. The number of aromatic nitrogens is 4. The Balaban J connectivity index is 1.70. The minimum atomic E-state index is -3.95. The van der Waals surface area contributed by atoms with Crippen LogP contribution in [-0.4, -0.2) is 77.1 Å². The van der Waals surface area contributed by atoms with Gasteiger partial charge in [0.2, 0.25) is 5.78 Å². The molecule has 3 N–H and O–H groups in total. The molecule has 0 aliphatic heterocycles. The molecule has 1 saturated carbocycles. The number of hydrogen-bond acceptors (Lipinski definition) is 10. The van der Waals surface area contributed by atoms with E-state index in [1.54, 1.807) is 24.1 Å². The van der Waals surface area contributed by atoms with E-state index in [0.29, 0.717) is 0 Å². The first-order valence-electron chi connectivity index (χ1n) is 10.5. The summed E-state index contributed by atoms with van der Waals surface area (Å²) in [6.07, 6.45) is 2.81. The number of anilines is 1. The van der Waals surface area contributed by atoms with Gasteiger partial charge in [0.15, 0.2) is 0 Å². The van der Waals surface area contributed by atoms with Gasteiger partial charge >= 0.3 is 10.3 Å². The number of rotatable bonds is 9. The van der Waals surface area contributed by atoms with Crippen LogP contribution in [0.25, 0.3) is 0 Å². The van der Waals surface area contributed by atoms with Crippen molar-refractivity contribution in [1.82, 2.24) is 24.5 Å². The average Bonchev–Trinajstić information content (AvgIpc) is 3.40. The number of hydrogen-bond donors (Lipinski definition) is 3. The molecular formula is C21H28N6O6S. The molecule has 0 spiro atoms. The van der Waals surface area contributed by atoms with Crippen LogP contribution in [0.15, 0.2) is 24.8 Å². The fourth-order valence-corrected chi connectivity index (χ4v) is 3.93. The Labute approximate surface area is 198 Å². The van der Waals surface area contributed by atoms with Crippen molar-refractivity contribution in [3.8, 4) is 11.8 Å². The molecule has 13 heteroatoms. The summed E-state index contributed by atoms with van der Waals surface area (Å²) < 4.78 is 37.1. The second-order valence-electron chi connectivity index (χ2n) is 8.20. The molecule has 2 aromatic rings. The van der Waals surface area contributed by atoms with Crippen molar-refractivity contribution in [1.29, 1.82) is 0 Å². The van der Waals surface area contributed by atoms with Gasteiger partial charge in [-0.3, -0.25) is 13.7 Å². The van der Waals surface area contributed by atoms with Gasteiger partial charge in [-0.2, -0.15) is 18.2 Å². The highest BCUT2D eigenvalue weighted by molar-refractivity contribution is 7.84. The summed E-state index contributed by atoms with van der Waals surface area (Å²) in [6.45, 7) is 3.98. The van der Waals surface area contributed by atoms with E-state index in [1.165, 1.54) is 19.6 Å². The fourth-order valence-electron chi connectivity index (χ4n) is 3.31. The van der Waals surface area contributed by atoms with Crippen LogP contribution in [0.1, 0.15) is 42.7 Å². The number of ketones is 1. The van der Waals surface area contributed by atoms with Gasteiger partial charge in [0.1, 0.15) is 36.1 Å². The van der Waals surface area contributed by atoms with Crippen LogP contribution in [-0.2, 0) is 25.8 Å². The van der Waals surface area contributed by atoms with Gasteiger partial charge in [-0.05, 0) is 32.8 Å². The van der Waals surface area contributed by atoms with E-state index in [0.717, 1.165) is 0 Å². The van der Waals surface area contributed by atoms with Gasteiger partial charge in [-0.15, -0.1) is 0 Å². The third-order valence-electron chi connectivity index (χ3n) is 5.28. The summed E-state index contributed by atoms with van der Waals surface area (Å²) in [5.74, 6) is 5.81. The molecule has 0 bridgehead atoms. The Morgan fingerprint density at radius 2 is 2.15 bits per heavy atom. The lowest BCUT2D eigenvalue weighted by atomic mass is 10.1. The van der Waals surface area contributed by atoms with Crippen LogP contribution >= 0.6 is 0 Å². The van der Waals surface area contributed by atoms with Crippen molar-refractivity contribution >= 4 is 21.9 Å². The zero-order chi connectivity index (χ0) is 24.9. The second kappa shape index (κ2) is 10.6. The van der Waals surface area contributed by atoms with Crippen LogP contribution in [0.5, 0.6) is 0 Å². The van der Waals surface area contributed by atoms with E-state index >= 15 is 0 Å². The maximum Gasteiger partial charge on any atom is 0.335 e. The molecular weight excluding hydrogens is 464 g/mol. The largest absolute Gasteiger partial charge is 0.390 e. The van der Waals surface area contributed by atoms with E-state index in [9.17, 15) is 18.3 Å². The highest BCUT2D eigenvalue weighted by Gasteiger charge is 2.37. The molecule has 0 unspecified atom stereocenters. The zero-order valence-corrected chi connectivity index (χ0v) is 20.2. The molecule has 0 aromatic carbocycles. The van der Waals surface area contributed by atoms with Crippen molar-refractivity contribution in [2.24, 2.45) is 0 Å². The van der Waals surface area contributed by atoms with Gasteiger partial charge in [-0.25, -0.2) is 9.97 Å². The number of nitrogens with zero attached hydrogens (tertiary/aromatic N) is 4. The summed E-state index contributed by atoms with van der Waals surface area (Å²) >= 11 is 0. The topological polar surface area (TPSA) is 158 Å². The van der Waals surface area contributed by atoms with E-state index in [4.69, 9.17) is 8.92 Å². The Morgan fingerprint density at radius 3 is 2.85 bits per heavy atom. The van der Waals surface area contributed by atoms with Crippen LogP contribution in [0.2, 0.25) is 0 Å². The number of aliphatic hydroxyl groups excluding tert-OH is 1. The summed E-state index contributed by atoms with van der Waals surface area (Å²) in [5.41, 5.74) is -0.192. The van der Waals surface area contributed by atoms with E-state index in [1.807, 2.05) is 13.8 Å². The molecule has 12 nitrogen and oxygen atoms in total. The van der Waals surface area contributed by atoms with Crippen molar-refractivity contribution in [2.45, 2.75) is 57.1 Å². The predicted octanol–water partition coefficient (Wildman–Crippen LogP) is 0.117. The summed E-state index contributed by atoms with van der Waals surface area (Å²) in [4.78, 5) is 21.2.